The predicted octanol–water partition coefficient (Wildman–Crippen LogP) is -0.00270. The Morgan fingerprint density at radius 2 is 2.12 bits per heavy atom. The first kappa shape index (κ1) is 11.2. The highest BCUT2D eigenvalue weighted by atomic mass is 32.1. The Hall–Kier alpha value is -1.28. The van der Waals surface area contributed by atoms with Gasteiger partial charge in [-0.25, -0.2) is 10.4 Å². The third-order valence-corrected chi connectivity index (χ3v) is 2.38. The summed E-state index contributed by atoms with van der Waals surface area (Å²) in [6.45, 7) is 1.44. The zero-order chi connectivity index (χ0) is 11.5. The molecule has 0 saturated carbocycles. The minimum absolute atomic E-state index is 0.169. The van der Waals surface area contributed by atoms with Crippen molar-refractivity contribution in [3.8, 4) is 0 Å². The third-order valence-electron chi connectivity index (χ3n) is 2.03. The Labute approximate surface area is 98.9 Å². The Kier molecular flexibility index (Phi) is 3.30. The molecule has 7 heteroatoms. The summed E-state index contributed by atoms with van der Waals surface area (Å²) in [6, 6.07) is 9.61. The Balaban J connectivity index is 2.19. The summed E-state index contributed by atoms with van der Waals surface area (Å²) in [6.07, 6.45) is 0. The maximum absolute atomic E-state index is 11.0. The zero-order valence-corrected chi connectivity index (χ0v) is 9.61. The maximum atomic E-state index is 11.0. The second kappa shape index (κ2) is 4.71. The SMILES string of the molecule is CC(=O)NN1NNC(S)N1c1ccccc1. The fourth-order valence-electron chi connectivity index (χ4n) is 1.41. The van der Waals surface area contributed by atoms with Crippen LogP contribution in [0.3, 0.4) is 0 Å². The minimum atomic E-state index is -0.255. The van der Waals surface area contributed by atoms with Crippen LogP contribution >= 0.6 is 12.6 Å². The lowest BCUT2D eigenvalue weighted by Gasteiger charge is -2.28. The average molecular weight is 239 g/mol. The normalized spacial score (nSPS) is 21.1. The lowest BCUT2D eigenvalue weighted by atomic mass is 10.3. The fourth-order valence-corrected chi connectivity index (χ4v) is 1.71. The molecule has 1 heterocycles. The van der Waals surface area contributed by atoms with E-state index in [2.05, 4.69) is 29.0 Å². The van der Waals surface area contributed by atoms with Gasteiger partial charge in [0.15, 0.2) is 5.50 Å². The number of hydrogen-bond acceptors (Lipinski definition) is 6. The van der Waals surface area contributed by atoms with Gasteiger partial charge in [-0.15, -0.1) is 12.6 Å². The van der Waals surface area contributed by atoms with E-state index in [0.29, 0.717) is 0 Å². The summed E-state index contributed by atoms with van der Waals surface area (Å²) >= 11 is 4.34. The minimum Gasteiger partial charge on any atom is -0.274 e. The predicted molar refractivity (Wildman–Crippen MR) is 63.6 cm³/mol. The van der Waals surface area contributed by atoms with E-state index in [-0.39, 0.29) is 11.4 Å². The van der Waals surface area contributed by atoms with E-state index < -0.39 is 0 Å². The fraction of sp³-hybridized carbons (Fsp3) is 0.222. The van der Waals surface area contributed by atoms with E-state index in [4.69, 9.17) is 0 Å². The number of rotatable bonds is 2. The Bertz CT molecular complexity index is 373. The van der Waals surface area contributed by atoms with Gasteiger partial charge < -0.3 is 0 Å². The number of nitrogens with zero attached hydrogens (tertiary/aromatic N) is 2. The van der Waals surface area contributed by atoms with Gasteiger partial charge in [-0.2, -0.15) is 5.53 Å². The molecule has 86 valence electrons. The summed E-state index contributed by atoms with van der Waals surface area (Å²) in [7, 11) is 0. The first-order chi connectivity index (χ1) is 7.68. The molecule has 1 aromatic carbocycles. The molecule has 1 atom stereocenters. The summed E-state index contributed by atoms with van der Waals surface area (Å²) in [5.41, 5.74) is 8.94. The van der Waals surface area contributed by atoms with Crippen LogP contribution in [0.15, 0.2) is 30.3 Å². The quantitative estimate of drug-likeness (QED) is 0.547. The van der Waals surface area contributed by atoms with E-state index in [1.54, 1.807) is 5.01 Å². The molecule has 0 aromatic heterocycles. The van der Waals surface area contributed by atoms with Crippen LogP contribution in [0.4, 0.5) is 5.69 Å². The molecule has 1 fully saturated rings. The van der Waals surface area contributed by atoms with E-state index >= 15 is 0 Å². The second-order valence-electron chi connectivity index (χ2n) is 3.29. The molecule has 16 heavy (non-hydrogen) atoms. The molecule has 1 aliphatic heterocycles. The number of amides is 1. The molecule has 3 N–H and O–H groups in total. The molecular formula is C9H13N5OS. The Morgan fingerprint density at radius 1 is 1.44 bits per heavy atom. The van der Waals surface area contributed by atoms with Crippen molar-refractivity contribution in [3.63, 3.8) is 0 Å². The summed E-state index contributed by atoms with van der Waals surface area (Å²) < 4.78 is 0. The van der Waals surface area contributed by atoms with Crippen molar-refractivity contribution in [1.29, 1.82) is 0 Å². The van der Waals surface area contributed by atoms with Crippen molar-refractivity contribution in [2.75, 3.05) is 5.01 Å². The number of carbonyl (C=O) groups is 1. The molecule has 1 amide bonds. The van der Waals surface area contributed by atoms with Gasteiger partial charge in [-0.1, -0.05) is 18.2 Å². The molecule has 0 bridgehead atoms. The first-order valence-corrected chi connectivity index (χ1v) is 5.31. The number of carbonyl (C=O) groups excluding carboxylic acids is 1. The molecule has 2 rings (SSSR count). The smallest absolute Gasteiger partial charge is 0.233 e. The number of hydrazine groups is 4. The molecule has 1 aliphatic rings. The van der Waals surface area contributed by atoms with Crippen LogP contribution in [0.1, 0.15) is 6.92 Å². The molecule has 0 aliphatic carbocycles. The zero-order valence-electron chi connectivity index (χ0n) is 8.71. The highest BCUT2D eigenvalue weighted by molar-refractivity contribution is 7.81. The molecular weight excluding hydrogens is 226 g/mol. The van der Waals surface area contributed by atoms with Gasteiger partial charge in [-0.3, -0.25) is 10.2 Å². The number of nitrogens with one attached hydrogen (secondary N) is 3. The van der Waals surface area contributed by atoms with Crippen molar-refractivity contribution in [2.45, 2.75) is 12.4 Å². The second-order valence-corrected chi connectivity index (χ2v) is 3.78. The molecule has 0 radical (unpaired) electrons. The van der Waals surface area contributed by atoms with Crippen LogP contribution in [-0.4, -0.2) is 16.6 Å². The van der Waals surface area contributed by atoms with Gasteiger partial charge in [-0.05, 0) is 17.4 Å². The topological polar surface area (TPSA) is 59.6 Å². The van der Waals surface area contributed by atoms with Crippen LogP contribution in [0.25, 0.3) is 0 Å². The van der Waals surface area contributed by atoms with E-state index in [1.165, 1.54) is 12.2 Å². The van der Waals surface area contributed by atoms with Gasteiger partial charge in [0.25, 0.3) is 0 Å². The van der Waals surface area contributed by atoms with E-state index in [0.717, 1.165) is 5.69 Å². The van der Waals surface area contributed by atoms with Gasteiger partial charge in [0.2, 0.25) is 5.91 Å². The van der Waals surface area contributed by atoms with Gasteiger partial charge in [0.1, 0.15) is 0 Å². The number of para-hydroxylation sites is 1. The molecule has 1 unspecified atom stereocenters. The molecule has 1 aromatic rings. The van der Waals surface area contributed by atoms with Crippen LogP contribution < -0.4 is 21.4 Å². The van der Waals surface area contributed by atoms with Gasteiger partial charge in [0, 0.05) is 6.92 Å². The molecule has 0 spiro atoms. The van der Waals surface area contributed by atoms with E-state index in [1.807, 2.05) is 30.3 Å². The van der Waals surface area contributed by atoms with Crippen LogP contribution in [-0.2, 0) is 4.79 Å². The molecule has 6 nitrogen and oxygen atoms in total. The summed E-state index contributed by atoms with van der Waals surface area (Å²) in [5, 5.41) is 3.22. The average Bonchev–Trinajstić information content (AvgIpc) is 2.60. The first-order valence-electron chi connectivity index (χ1n) is 4.79. The summed E-state index contributed by atoms with van der Waals surface area (Å²) in [4.78, 5) is 11.0. The van der Waals surface area contributed by atoms with Crippen molar-refractivity contribution >= 4 is 24.2 Å². The number of benzene rings is 1. The van der Waals surface area contributed by atoms with Crippen molar-refractivity contribution < 1.29 is 4.79 Å². The third kappa shape index (κ3) is 2.27. The monoisotopic (exact) mass is 239 g/mol. The highest BCUT2D eigenvalue weighted by Gasteiger charge is 2.29. The van der Waals surface area contributed by atoms with Crippen LogP contribution in [0, 0.1) is 0 Å². The standard InChI is InChI=1S/C9H13N5OS/c1-7(15)11-14-12-10-9(16)13(14)8-5-3-2-4-6-8/h2-6,9-10,12,16H,1H3,(H,11,15). The Morgan fingerprint density at radius 3 is 2.75 bits per heavy atom. The van der Waals surface area contributed by atoms with Gasteiger partial charge >= 0.3 is 0 Å². The summed E-state index contributed by atoms with van der Waals surface area (Å²) in [5.74, 6) is -0.169. The van der Waals surface area contributed by atoms with Crippen LogP contribution in [0.5, 0.6) is 0 Å². The maximum Gasteiger partial charge on any atom is 0.233 e. The van der Waals surface area contributed by atoms with Gasteiger partial charge in [0.05, 0.1) is 5.69 Å². The highest BCUT2D eigenvalue weighted by Crippen LogP contribution is 2.19. The van der Waals surface area contributed by atoms with Crippen molar-refractivity contribution in [3.05, 3.63) is 30.3 Å². The van der Waals surface area contributed by atoms with Crippen molar-refractivity contribution in [1.82, 2.24) is 21.6 Å². The van der Waals surface area contributed by atoms with E-state index in [9.17, 15) is 4.79 Å². The largest absolute Gasteiger partial charge is 0.274 e. The lowest BCUT2D eigenvalue weighted by Crippen LogP contribution is -2.54. The number of thiol groups is 1. The molecule has 1 saturated heterocycles. The lowest BCUT2D eigenvalue weighted by molar-refractivity contribution is -0.125. The van der Waals surface area contributed by atoms with Crippen molar-refractivity contribution in [2.24, 2.45) is 0 Å². The number of anilines is 1. The number of hydrogen-bond donors (Lipinski definition) is 4. The van der Waals surface area contributed by atoms with Crippen LogP contribution in [0.2, 0.25) is 0 Å².